The molecule has 0 spiro atoms. The van der Waals surface area contributed by atoms with Gasteiger partial charge in [-0.3, -0.25) is 19.7 Å². The van der Waals surface area contributed by atoms with E-state index in [1.807, 2.05) is 6.92 Å². The third-order valence-corrected chi connectivity index (χ3v) is 4.55. The van der Waals surface area contributed by atoms with Gasteiger partial charge in [0.05, 0.1) is 0 Å². The molecule has 1 unspecified atom stereocenters. The number of benzene rings is 1. The Morgan fingerprint density at radius 2 is 2.10 bits per heavy atom. The van der Waals surface area contributed by atoms with E-state index in [2.05, 4.69) is 5.32 Å². The summed E-state index contributed by atoms with van der Waals surface area (Å²) in [6.07, 6.45) is 1.06. The molecule has 1 fully saturated rings. The lowest BCUT2D eigenvalue weighted by molar-refractivity contribution is -0.143. The summed E-state index contributed by atoms with van der Waals surface area (Å²) in [5.41, 5.74) is 6.84. The molecule has 110 valence electrons. The van der Waals surface area contributed by atoms with Crippen molar-refractivity contribution in [1.82, 2.24) is 10.2 Å². The maximum absolute atomic E-state index is 12.6. The normalized spacial score (nSPS) is 25.0. The Morgan fingerprint density at radius 3 is 2.71 bits per heavy atom. The molecule has 21 heavy (non-hydrogen) atoms. The molecule has 0 saturated carbocycles. The Balaban J connectivity index is 2.01. The number of nitrogen functional groups attached to an aromatic ring is 1. The predicted octanol–water partition coefficient (Wildman–Crippen LogP) is 0.810. The van der Waals surface area contributed by atoms with Crippen molar-refractivity contribution in [3.63, 3.8) is 0 Å². The average molecular weight is 287 g/mol. The highest BCUT2D eigenvalue weighted by Gasteiger charge is 2.50. The summed E-state index contributed by atoms with van der Waals surface area (Å²) in [5, 5.41) is 2.36. The number of nitrogens with zero attached hydrogens (tertiary/aromatic N) is 1. The van der Waals surface area contributed by atoms with Crippen LogP contribution in [0.4, 0.5) is 5.69 Å². The summed E-state index contributed by atoms with van der Waals surface area (Å²) in [6, 6.07) is 5.21. The van der Waals surface area contributed by atoms with Crippen molar-refractivity contribution in [2.75, 3.05) is 5.73 Å². The molecular weight excluding hydrogens is 270 g/mol. The number of amides is 3. The fourth-order valence-corrected chi connectivity index (χ4v) is 3.23. The van der Waals surface area contributed by atoms with E-state index in [1.54, 1.807) is 23.1 Å². The summed E-state index contributed by atoms with van der Waals surface area (Å²) < 4.78 is 0. The summed E-state index contributed by atoms with van der Waals surface area (Å²) in [7, 11) is 0. The molecule has 3 N–H and O–H groups in total. The summed E-state index contributed by atoms with van der Waals surface area (Å²) in [5.74, 6) is -0.864. The van der Waals surface area contributed by atoms with E-state index in [1.165, 1.54) is 0 Å². The maximum Gasteiger partial charge on any atom is 0.255 e. The molecule has 0 radical (unpaired) electrons. The van der Waals surface area contributed by atoms with Crippen LogP contribution < -0.4 is 11.1 Å². The molecule has 6 nitrogen and oxygen atoms in total. The van der Waals surface area contributed by atoms with E-state index in [9.17, 15) is 14.4 Å². The Bertz CT molecular complexity index is 656. The highest BCUT2D eigenvalue weighted by molar-refractivity contribution is 6.08. The quantitative estimate of drug-likeness (QED) is 0.622. The third-order valence-electron chi connectivity index (χ3n) is 4.55. The third kappa shape index (κ3) is 1.82. The lowest BCUT2D eigenvalue weighted by Gasteiger charge is -2.41. The number of carbonyl (C=O) groups is 3. The molecule has 2 aliphatic rings. The van der Waals surface area contributed by atoms with E-state index >= 15 is 0 Å². The number of hydrogen-bond donors (Lipinski definition) is 2. The second-order valence-corrected chi connectivity index (χ2v) is 5.53. The van der Waals surface area contributed by atoms with E-state index in [4.69, 9.17) is 5.73 Å². The lowest BCUT2D eigenvalue weighted by atomic mass is 9.84. The van der Waals surface area contributed by atoms with Gasteiger partial charge in [-0.15, -0.1) is 0 Å². The number of nitrogens with two attached hydrogens (primary N) is 1. The maximum atomic E-state index is 12.6. The van der Waals surface area contributed by atoms with Crippen LogP contribution in [0.25, 0.3) is 0 Å². The molecule has 0 bridgehead atoms. The number of carbonyl (C=O) groups excluding carboxylic acids is 3. The van der Waals surface area contributed by atoms with Crippen LogP contribution in [0.5, 0.6) is 0 Å². The van der Waals surface area contributed by atoms with E-state index in [0.717, 1.165) is 5.56 Å². The van der Waals surface area contributed by atoms with Crippen LogP contribution in [0.1, 0.15) is 42.1 Å². The van der Waals surface area contributed by atoms with Crippen molar-refractivity contribution in [3.8, 4) is 0 Å². The van der Waals surface area contributed by atoms with Crippen LogP contribution in [-0.2, 0) is 16.1 Å². The standard InChI is InChI=1S/C15H17N3O3/c1-2-15(7-6-12(19)17-14(15)21)18-8-10-9(13(18)20)4-3-5-11(10)16/h3-5H,2,6-8,16H2,1H3,(H,17,19,21). The zero-order valence-corrected chi connectivity index (χ0v) is 11.8. The molecule has 3 amide bonds. The van der Waals surface area contributed by atoms with Crippen LogP contribution in [0.15, 0.2) is 18.2 Å². The second kappa shape index (κ2) is 4.58. The first-order chi connectivity index (χ1) is 9.99. The molecule has 0 aliphatic carbocycles. The lowest BCUT2D eigenvalue weighted by Crippen LogP contribution is -2.62. The van der Waals surface area contributed by atoms with Crippen molar-refractivity contribution >= 4 is 23.4 Å². The van der Waals surface area contributed by atoms with Gasteiger partial charge in [0, 0.05) is 29.8 Å². The van der Waals surface area contributed by atoms with Crippen LogP contribution in [-0.4, -0.2) is 28.2 Å². The van der Waals surface area contributed by atoms with Crippen molar-refractivity contribution in [2.24, 2.45) is 0 Å². The smallest absolute Gasteiger partial charge is 0.255 e. The first-order valence-electron chi connectivity index (χ1n) is 7.03. The number of piperidine rings is 1. The van der Waals surface area contributed by atoms with Crippen LogP contribution in [0.2, 0.25) is 0 Å². The first-order valence-corrected chi connectivity index (χ1v) is 7.03. The minimum absolute atomic E-state index is 0.191. The number of fused-ring (bicyclic) bond motifs is 1. The number of hydrogen-bond acceptors (Lipinski definition) is 4. The van der Waals surface area contributed by atoms with E-state index in [0.29, 0.717) is 30.6 Å². The molecule has 3 rings (SSSR count). The molecule has 1 aromatic carbocycles. The zero-order chi connectivity index (χ0) is 15.2. The minimum Gasteiger partial charge on any atom is -0.398 e. The topological polar surface area (TPSA) is 92.5 Å². The Kier molecular flexibility index (Phi) is 2.97. The van der Waals surface area contributed by atoms with Crippen LogP contribution in [0, 0.1) is 0 Å². The van der Waals surface area contributed by atoms with Crippen molar-refractivity contribution in [2.45, 2.75) is 38.3 Å². The van der Waals surface area contributed by atoms with Gasteiger partial charge in [0.25, 0.3) is 11.8 Å². The number of anilines is 1. The molecule has 0 aromatic heterocycles. The van der Waals surface area contributed by atoms with Crippen LogP contribution >= 0.6 is 0 Å². The van der Waals surface area contributed by atoms with Gasteiger partial charge in [0.2, 0.25) is 5.91 Å². The van der Waals surface area contributed by atoms with Gasteiger partial charge >= 0.3 is 0 Å². The van der Waals surface area contributed by atoms with Gasteiger partial charge in [-0.25, -0.2) is 0 Å². The van der Waals surface area contributed by atoms with Gasteiger partial charge in [-0.05, 0) is 25.0 Å². The highest BCUT2D eigenvalue weighted by atomic mass is 16.2. The Hall–Kier alpha value is -2.37. The number of nitrogens with one attached hydrogen (secondary N) is 1. The number of rotatable bonds is 2. The summed E-state index contributed by atoms with van der Waals surface area (Å²) in [6.45, 7) is 2.17. The zero-order valence-electron chi connectivity index (χ0n) is 11.8. The van der Waals surface area contributed by atoms with Crippen molar-refractivity contribution in [3.05, 3.63) is 29.3 Å². The van der Waals surface area contributed by atoms with E-state index in [-0.39, 0.29) is 24.1 Å². The number of imide groups is 1. The van der Waals surface area contributed by atoms with Gasteiger partial charge in [-0.1, -0.05) is 13.0 Å². The summed E-state index contributed by atoms with van der Waals surface area (Å²) in [4.78, 5) is 38.0. The fourth-order valence-electron chi connectivity index (χ4n) is 3.23. The minimum atomic E-state index is -0.962. The molecule has 2 heterocycles. The van der Waals surface area contributed by atoms with Crippen molar-refractivity contribution < 1.29 is 14.4 Å². The molecule has 6 heteroatoms. The highest BCUT2D eigenvalue weighted by Crippen LogP contribution is 2.37. The van der Waals surface area contributed by atoms with Gasteiger partial charge in [-0.2, -0.15) is 0 Å². The predicted molar refractivity (Wildman–Crippen MR) is 76.1 cm³/mol. The molecular formula is C15H17N3O3. The fraction of sp³-hybridized carbons (Fsp3) is 0.400. The molecule has 1 atom stereocenters. The summed E-state index contributed by atoms with van der Waals surface area (Å²) >= 11 is 0. The molecule has 2 aliphatic heterocycles. The average Bonchev–Trinajstić information content (AvgIpc) is 2.80. The Morgan fingerprint density at radius 1 is 1.33 bits per heavy atom. The molecule has 1 aromatic rings. The van der Waals surface area contributed by atoms with Gasteiger partial charge in [0.1, 0.15) is 5.54 Å². The van der Waals surface area contributed by atoms with Gasteiger partial charge < -0.3 is 10.6 Å². The van der Waals surface area contributed by atoms with Crippen molar-refractivity contribution in [1.29, 1.82) is 0 Å². The first kappa shape index (κ1) is 13.6. The van der Waals surface area contributed by atoms with E-state index < -0.39 is 5.54 Å². The SMILES string of the molecule is CCC1(N2Cc3c(N)cccc3C2=O)CCC(=O)NC1=O. The second-order valence-electron chi connectivity index (χ2n) is 5.53. The molecule has 1 saturated heterocycles. The van der Waals surface area contributed by atoms with Gasteiger partial charge in [0.15, 0.2) is 0 Å². The monoisotopic (exact) mass is 287 g/mol. The van der Waals surface area contributed by atoms with Crippen LogP contribution in [0.3, 0.4) is 0 Å². The Labute approximate surface area is 122 Å². The largest absolute Gasteiger partial charge is 0.398 e.